The maximum absolute atomic E-state index is 11.9. The predicted molar refractivity (Wildman–Crippen MR) is 53.7 cm³/mol. The van der Waals surface area contributed by atoms with Crippen LogP contribution >= 0.6 is 27.5 Å². The predicted octanol–water partition coefficient (Wildman–Crippen LogP) is 4.08. The Morgan fingerprint density at radius 2 is 2.00 bits per heavy atom. The quantitative estimate of drug-likeness (QED) is 0.865. The van der Waals surface area contributed by atoms with Crippen molar-refractivity contribution >= 4 is 33.2 Å². The van der Waals surface area contributed by atoms with Crippen LogP contribution in [-0.2, 0) is 0 Å². The lowest BCUT2D eigenvalue weighted by atomic mass is 10.3. The molecule has 78 valence electrons. The molecule has 14 heavy (non-hydrogen) atoms. The Bertz CT molecular complexity index is 327. The molecule has 0 atom stereocenters. The van der Waals surface area contributed by atoms with Gasteiger partial charge < -0.3 is 5.32 Å². The number of benzene rings is 1. The maximum atomic E-state index is 11.9. The fourth-order valence-corrected chi connectivity index (χ4v) is 1.41. The third kappa shape index (κ3) is 3.38. The van der Waals surface area contributed by atoms with Gasteiger partial charge in [-0.25, -0.2) is 0 Å². The summed E-state index contributed by atoms with van der Waals surface area (Å²) in [5.74, 6) is 0. The fourth-order valence-electron chi connectivity index (χ4n) is 0.836. The first-order valence-corrected chi connectivity index (χ1v) is 4.82. The van der Waals surface area contributed by atoms with E-state index in [0.717, 1.165) is 0 Å². The lowest BCUT2D eigenvalue weighted by Crippen LogP contribution is -2.21. The van der Waals surface area contributed by atoms with Gasteiger partial charge in [-0.05, 0) is 28.1 Å². The summed E-state index contributed by atoms with van der Waals surface area (Å²) in [7, 11) is 0. The van der Waals surface area contributed by atoms with Crippen molar-refractivity contribution in [1.82, 2.24) is 0 Å². The van der Waals surface area contributed by atoms with E-state index < -0.39 is 12.7 Å². The highest BCUT2D eigenvalue weighted by atomic mass is 79.9. The van der Waals surface area contributed by atoms with Gasteiger partial charge >= 0.3 is 6.18 Å². The van der Waals surface area contributed by atoms with E-state index in [1.165, 1.54) is 6.07 Å². The largest absolute Gasteiger partial charge is 0.405 e. The highest BCUT2D eigenvalue weighted by Crippen LogP contribution is 2.30. The fraction of sp³-hybridized carbons (Fsp3) is 0.250. The summed E-state index contributed by atoms with van der Waals surface area (Å²) < 4.78 is 36.0. The Morgan fingerprint density at radius 3 is 2.57 bits per heavy atom. The van der Waals surface area contributed by atoms with Crippen molar-refractivity contribution in [3.8, 4) is 0 Å². The highest BCUT2D eigenvalue weighted by molar-refractivity contribution is 9.10. The Kier molecular flexibility index (Phi) is 3.66. The van der Waals surface area contributed by atoms with Crippen LogP contribution in [0.2, 0.25) is 5.02 Å². The molecule has 0 saturated carbocycles. The second-order valence-corrected chi connectivity index (χ2v) is 3.77. The van der Waals surface area contributed by atoms with E-state index in [4.69, 9.17) is 11.6 Å². The molecule has 0 aromatic heterocycles. The minimum Gasteiger partial charge on any atom is -0.376 e. The smallest absolute Gasteiger partial charge is 0.376 e. The Balaban J connectivity index is 2.73. The molecular weight excluding hydrogens is 282 g/mol. The van der Waals surface area contributed by atoms with Gasteiger partial charge in [0.05, 0.1) is 15.2 Å². The molecule has 0 aliphatic carbocycles. The zero-order chi connectivity index (χ0) is 10.8. The third-order valence-electron chi connectivity index (χ3n) is 1.43. The molecule has 1 rings (SSSR count). The first kappa shape index (κ1) is 11.7. The van der Waals surface area contributed by atoms with E-state index in [1.54, 1.807) is 12.1 Å². The molecule has 0 fully saturated rings. The van der Waals surface area contributed by atoms with E-state index in [1.807, 2.05) is 0 Å². The summed E-state index contributed by atoms with van der Waals surface area (Å²) in [5, 5.41) is 2.61. The van der Waals surface area contributed by atoms with E-state index in [-0.39, 0.29) is 0 Å². The molecule has 0 bridgehead atoms. The normalized spacial score (nSPS) is 11.5. The summed E-state index contributed by atoms with van der Waals surface area (Å²) in [6.45, 7) is -1.08. The minimum atomic E-state index is -4.23. The van der Waals surface area contributed by atoms with Crippen LogP contribution < -0.4 is 5.32 Å². The molecular formula is C8H6BrClF3N. The van der Waals surface area contributed by atoms with Gasteiger partial charge in [-0.3, -0.25) is 0 Å². The molecule has 1 aromatic carbocycles. The summed E-state index contributed by atoms with van der Waals surface area (Å²) in [6.07, 6.45) is -4.23. The monoisotopic (exact) mass is 287 g/mol. The molecule has 0 saturated heterocycles. The average Bonchev–Trinajstić information content (AvgIpc) is 2.06. The topological polar surface area (TPSA) is 12.0 Å². The number of anilines is 1. The SMILES string of the molecule is FC(F)(F)CNc1cccc(Cl)c1Br. The van der Waals surface area contributed by atoms with Gasteiger partial charge in [-0.2, -0.15) is 13.2 Å². The molecule has 0 aliphatic rings. The summed E-state index contributed by atoms with van der Waals surface area (Å²) in [5.41, 5.74) is 0.329. The van der Waals surface area contributed by atoms with Gasteiger partial charge in [-0.15, -0.1) is 0 Å². The van der Waals surface area contributed by atoms with Crippen molar-refractivity contribution in [3.05, 3.63) is 27.7 Å². The van der Waals surface area contributed by atoms with Crippen LogP contribution in [0.4, 0.5) is 18.9 Å². The van der Waals surface area contributed by atoms with Crippen LogP contribution in [0.1, 0.15) is 0 Å². The second kappa shape index (κ2) is 4.40. The summed E-state index contributed by atoms with van der Waals surface area (Å²) >= 11 is 8.78. The van der Waals surface area contributed by atoms with E-state index in [0.29, 0.717) is 15.2 Å². The molecule has 1 aromatic rings. The number of rotatable bonds is 2. The van der Waals surface area contributed by atoms with Crippen molar-refractivity contribution in [2.24, 2.45) is 0 Å². The number of alkyl halides is 3. The van der Waals surface area contributed by atoms with Crippen molar-refractivity contribution in [1.29, 1.82) is 0 Å². The molecule has 0 radical (unpaired) electrons. The Morgan fingerprint density at radius 1 is 1.36 bits per heavy atom. The van der Waals surface area contributed by atoms with Crippen molar-refractivity contribution in [3.63, 3.8) is 0 Å². The molecule has 0 amide bonds. The van der Waals surface area contributed by atoms with E-state index >= 15 is 0 Å². The summed E-state index contributed by atoms with van der Waals surface area (Å²) in [6, 6.07) is 4.68. The molecule has 1 N–H and O–H groups in total. The standard InChI is InChI=1S/C8H6BrClF3N/c9-7-5(10)2-1-3-6(7)14-4-8(11,12)13/h1-3,14H,4H2. The van der Waals surface area contributed by atoms with Crippen LogP contribution in [0.3, 0.4) is 0 Å². The third-order valence-corrected chi connectivity index (χ3v) is 2.83. The van der Waals surface area contributed by atoms with Crippen LogP contribution in [0.5, 0.6) is 0 Å². The summed E-state index contributed by atoms with van der Waals surface area (Å²) in [4.78, 5) is 0. The second-order valence-electron chi connectivity index (χ2n) is 2.57. The highest BCUT2D eigenvalue weighted by Gasteiger charge is 2.26. The van der Waals surface area contributed by atoms with Crippen molar-refractivity contribution in [2.45, 2.75) is 6.18 Å². The van der Waals surface area contributed by atoms with Gasteiger partial charge in [0.1, 0.15) is 6.54 Å². The van der Waals surface area contributed by atoms with Crippen LogP contribution in [0.25, 0.3) is 0 Å². The average molecular weight is 288 g/mol. The zero-order valence-corrected chi connectivity index (χ0v) is 9.17. The van der Waals surface area contributed by atoms with Gasteiger partial charge in [0, 0.05) is 0 Å². The van der Waals surface area contributed by atoms with Crippen LogP contribution in [0, 0.1) is 0 Å². The zero-order valence-electron chi connectivity index (χ0n) is 6.83. The first-order valence-electron chi connectivity index (χ1n) is 3.65. The number of hydrogen-bond acceptors (Lipinski definition) is 1. The van der Waals surface area contributed by atoms with Crippen LogP contribution in [0.15, 0.2) is 22.7 Å². The first-order chi connectivity index (χ1) is 6.40. The molecule has 6 heteroatoms. The Labute approximate surface area is 92.4 Å². The number of halogens is 5. The Hall–Kier alpha value is -0.420. The van der Waals surface area contributed by atoms with Crippen LogP contribution in [-0.4, -0.2) is 12.7 Å². The van der Waals surface area contributed by atoms with Gasteiger partial charge in [0.2, 0.25) is 0 Å². The molecule has 0 aliphatic heterocycles. The van der Waals surface area contributed by atoms with Crippen molar-refractivity contribution < 1.29 is 13.2 Å². The molecule has 0 spiro atoms. The van der Waals surface area contributed by atoms with Gasteiger partial charge in [0.15, 0.2) is 0 Å². The molecule has 0 unspecified atom stereocenters. The van der Waals surface area contributed by atoms with Gasteiger partial charge in [-0.1, -0.05) is 17.7 Å². The maximum Gasteiger partial charge on any atom is 0.405 e. The lowest BCUT2D eigenvalue weighted by molar-refractivity contribution is -0.115. The number of nitrogens with one attached hydrogen (secondary N) is 1. The van der Waals surface area contributed by atoms with Crippen molar-refractivity contribution in [2.75, 3.05) is 11.9 Å². The lowest BCUT2D eigenvalue weighted by Gasteiger charge is -2.11. The van der Waals surface area contributed by atoms with Gasteiger partial charge in [0.25, 0.3) is 0 Å². The molecule has 1 nitrogen and oxygen atoms in total. The van der Waals surface area contributed by atoms with E-state index in [9.17, 15) is 13.2 Å². The minimum absolute atomic E-state index is 0.329. The molecule has 0 heterocycles. The van der Waals surface area contributed by atoms with E-state index in [2.05, 4.69) is 21.2 Å². The number of hydrogen-bond donors (Lipinski definition) is 1.